The average molecular weight is 413 g/mol. The summed E-state index contributed by atoms with van der Waals surface area (Å²) in [4.78, 5) is 37.3. The highest BCUT2D eigenvalue weighted by atomic mass is 16.5. The number of esters is 1. The van der Waals surface area contributed by atoms with Crippen LogP contribution in [0.4, 0.5) is 5.69 Å². The second kappa shape index (κ2) is 8.40. The molecule has 6 heteroatoms. The molecule has 6 nitrogen and oxygen atoms in total. The van der Waals surface area contributed by atoms with Crippen LogP contribution >= 0.6 is 0 Å². The van der Waals surface area contributed by atoms with Gasteiger partial charge in [0.1, 0.15) is 0 Å². The Hall–Kier alpha value is -2.37. The van der Waals surface area contributed by atoms with Gasteiger partial charge in [-0.05, 0) is 82.3 Å². The van der Waals surface area contributed by atoms with Crippen LogP contribution in [0.25, 0.3) is 0 Å². The van der Waals surface area contributed by atoms with E-state index < -0.39 is 12.1 Å². The molecule has 1 atom stereocenters. The van der Waals surface area contributed by atoms with Gasteiger partial charge in [-0.2, -0.15) is 0 Å². The molecule has 1 aromatic rings. The van der Waals surface area contributed by atoms with E-state index in [-0.39, 0.29) is 30.2 Å². The lowest BCUT2D eigenvalue weighted by Crippen LogP contribution is -2.53. The summed E-state index contributed by atoms with van der Waals surface area (Å²) in [5.74, 6) is 1.39. The first-order valence-electron chi connectivity index (χ1n) is 11.2. The first-order chi connectivity index (χ1) is 14.3. The van der Waals surface area contributed by atoms with Crippen LogP contribution < -0.4 is 10.6 Å². The smallest absolute Gasteiger partial charge is 0.308 e. The van der Waals surface area contributed by atoms with Gasteiger partial charge in [-0.25, -0.2) is 0 Å². The third-order valence-electron chi connectivity index (χ3n) is 7.13. The van der Waals surface area contributed by atoms with Crippen molar-refractivity contribution in [3.63, 3.8) is 0 Å². The van der Waals surface area contributed by atoms with Crippen LogP contribution in [0.1, 0.15) is 57.4 Å². The van der Waals surface area contributed by atoms with Crippen molar-refractivity contribution in [3.8, 4) is 0 Å². The summed E-state index contributed by atoms with van der Waals surface area (Å²) in [6, 6.07) is 7.42. The van der Waals surface area contributed by atoms with E-state index >= 15 is 0 Å². The van der Waals surface area contributed by atoms with E-state index in [1.54, 1.807) is 6.92 Å². The molecule has 30 heavy (non-hydrogen) atoms. The second-order valence-electron chi connectivity index (χ2n) is 9.69. The molecule has 0 spiro atoms. The van der Waals surface area contributed by atoms with Gasteiger partial charge in [0.25, 0.3) is 5.91 Å². The summed E-state index contributed by atoms with van der Waals surface area (Å²) < 4.78 is 5.24. The van der Waals surface area contributed by atoms with Gasteiger partial charge in [-0.3, -0.25) is 14.4 Å². The van der Waals surface area contributed by atoms with Crippen LogP contribution in [-0.4, -0.2) is 30.4 Å². The van der Waals surface area contributed by atoms with E-state index in [0.717, 1.165) is 24.8 Å². The van der Waals surface area contributed by atoms with Gasteiger partial charge in [0.05, 0.1) is 6.42 Å². The maximum absolute atomic E-state index is 12.9. The lowest BCUT2D eigenvalue weighted by Gasteiger charge is -2.55. The van der Waals surface area contributed by atoms with Crippen LogP contribution in [0.5, 0.6) is 0 Å². The lowest BCUT2D eigenvalue weighted by atomic mass is 9.49. The minimum absolute atomic E-state index is 0.0697. The van der Waals surface area contributed by atoms with Crippen molar-refractivity contribution in [3.05, 3.63) is 29.8 Å². The zero-order chi connectivity index (χ0) is 21.3. The van der Waals surface area contributed by atoms with E-state index in [0.29, 0.717) is 23.4 Å². The number of anilines is 1. The van der Waals surface area contributed by atoms with Gasteiger partial charge in [0.15, 0.2) is 6.10 Å². The molecule has 0 saturated heterocycles. The van der Waals surface area contributed by atoms with E-state index in [1.165, 1.54) is 19.3 Å². The molecule has 162 valence electrons. The lowest BCUT2D eigenvalue weighted by molar-refractivity contribution is -0.153. The Kier molecular flexibility index (Phi) is 5.85. The first kappa shape index (κ1) is 20.9. The Morgan fingerprint density at radius 3 is 2.17 bits per heavy atom. The minimum atomic E-state index is -0.891. The van der Waals surface area contributed by atoms with Crippen LogP contribution in [0.2, 0.25) is 0 Å². The third-order valence-corrected chi connectivity index (χ3v) is 7.13. The minimum Gasteiger partial charge on any atom is -0.452 e. The van der Waals surface area contributed by atoms with Crippen LogP contribution in [0, 0.1) is 30.1 Å². The molecule has 4 fully saturated rings. The van der Waals surface area contributed by atoms with Gasteiger partial charge in [0.2, 0.25) is 5.91 Å². The van der Waals surface area contributed by atoms with E-state index in [4.69, 9.17) is 4.74 Å². The summed E-state index contributed by atoms with van der Waals surface area (Å²) in [6.45, 7) is 3.78. The normalized spacial score (nSPS) is 29.9. The van der Waals surface area contributed by atoms with Gasteiger partial charge in [-0.1, -0.05) is 17.7 Å². The molecule has 1 unspecified atom stereocenters. The predicted molar refractivity (Wildman–Crippen MR) is 114 cm³/mol. The molecule has 4 aliphatic rings. The van der Waals surface area contributed by atoms with Crippen molar-refractivity contribution in [2.45, 2.75) is 64.9 Å². The quantitative estimate of drug-likeness (QED) is 0.671. The number of nitrogens with one attached hydrogen (secondary N) is 2. The van der Waals surface area contributed by atoms with Crippen molar-refractivity contribution in [1.82, 2.24) is 5.32 Å². The van der Waals surface area contributed by atoms with Crippen LogP contribution in [0.3, 0.4) is 0 Å². The fourth-order valence-corrected chi connectivity index (χ4v) is 6.04. The van der Waals surface area contributed by atoms with Crippen LogP contribution in [0.15, 0.2) is 24.3 Å². The van der Waals surface area contributed by atoms with Gasteiger partial charge >= 0.3 is 5.97 Å². The van der Waals surface area contributed by atoms with E-state index in [9.17, 15) is 14.4 Å². The Morgan fingerprint density at radius 2 is 1.60 bits per heavy atom. The maximum Gasteiger partial charge on any atom is 0.308 e. The highest BCUT2D eigenvalue weighted by molar-refractivity contribution is 5.95. The van der Waals surface area contributed by atoms with Crippen molar-refractivity contribution >= 4 is 23.5 Å². The number of benzene rings is 1. The highest BCUT2D eigenvalue weighted by Crippen LogP contribution is 2.60. The molecule has 2 N–H and O–H groups in total. The molecule has 4 aliphatic carbocycles. The number of carbonyl (C=O) groups is 3. The number of hydrogen-bond acceptors (Lipinski definition) is 4. The summed E-state index contributed by atoms with van der Waals surface area (Å²) >= 11 is 0. The number of amides is 2. The van der Waals surface area contributed by atoms with Crippen LogP contribution in [-0.2, 0) is 19.1 Å². The molecule has 0 aromatic heterocycles. The molecular formula is C24H32N2O4. The second-order valence-corrected chi connectivity index (χ2v) is 9.69. The fraction of sp³-hybridized carbons (Fsp3) is 0.625. The van der Waals surface area contributed by atoms with E-state index in [1.807, 2.05) is 31.2 Å². The van der Waals surface area contributed by atoms with Crippen molar-refractivity contribution < 1.29 is 19.1 Å². The zero-order valence-corrected chi connectivity index (χ0v) is 17.9. The average Bonchev–Trinajstić information content (AvgIpc) is 2.68. The molecule has 0 heterocycles. The topological polar surface area (TPSA) is 84.5 Å². The summed E-state index contributed by atoms with van der Waals surface area (Å²) in [6.07, 6.45) is 6.07. The molecule has 5 rings (SSSR count). The zero-order valence-electron chi connectivity index (χ0n) is 17.9. The molecule has 0 radical (unpaired) electrons. The van der Waals surface area contributed by atoms with Crippen molar-refractivity contribution in [1.29, 1.82) is 0 Å². The largest absolute Gasteiger partial charge is 0.452 e. The Labute approximate surface area is 178 Å². The van der Waals surface area contributed by atoms with Crippen molar-refractivity contribution in [2.75, 3.05) is 11.9 Å². The van der Waals surface area contributed by atoms with Gasteiger partial charge in [0, 0.05) is 17.6 Å². The number of hydrogen-bond donors (Lipinski definition) is 2. The third kappa shape index (κ3) is 4.52. The number of aryl methyl sites for hydroxylation is 1. The monoisotopic (exact) mass is 412 g/mol. The van der Waals surface area contributed by atoms with E-state index in [2.05, 4.69) is 10.6 Å². The van der Waals surface area contributed by atoms with Gasteiger partial charge in [-0.15, -0.1) is 0 Å². The van der Waals surface area contributed by atoms with Gasteiger partial charge < -0.3 is 15.4 Å². The molecule has 4 bridgehead atoms. The summed E-state index contributed by atoms with van der Waals surface area (Å²) in [5.41, 5.74) is 1.55. The standard InChI is InChI=1S/C24H32N2O4/c1-15-3-5-20(6-4-15)26-22(28)16(2)30-21(27)7-8-25-23(29)24-12-17-9-18(13-24)11-19(10-17)14-24/h3-6,16-19H,7-14H2,1-2H3,(H,25,29)(H,26,28). The molecular weight excluding hydrogens is 380 g/mol. The molecule has 1 aromatic carbocycles. The first-order valence-corrected chi connectivity index (χ1v) is 11.2. The SMILES string of the molecule is Cc1ccc(NC(=O)C(C)OC(=O)CCNC(=O)C23CC4CC(CC(C4)C2)C3)cc1. The highest BCUT2D eigenvalue weighted by Gasteiger charge is 2.54. The predicted octanol–water partition coefficient (Wildman–Crippen LogP) is 3.59. The number of ether oxygens (including phenoxy) is 1. The van der Waals surface area contributed by atoms with Crippen molar-refractivity contribution in [2.24, 2.45) is 23.2 Å². The number of rotatable bonds is 7. The maximum atomic E-state index is 12.9. The summed E-state index contributed by atoms with van der Waals surface area (Å²) in [5, 5.41) is 5.71. The fourth-order valence-electron chi connectivity index (χ4n) is 6.04. The Balaban J connectivity index is 1.20. The Bertz CT molecular complexity index is 782. The molecule has 2 amide bonds. The Morgan fingerprint density at radius 1 is 1.03 bits per heavy atom. The number of carbonyl (C=O) groups excluding carboxylic acids is 3. The summed E-state index contributed by atoms with van der Waals surface area (Å²) in [7, 11) is 0. The molecule has 4 saturated carbocycles. The molecule has 0 aliphatic heterocycles.